The zero-order chi connectivity index (χ0) is 12.1. The molecule has 0 bridgehead atoms. The fourth-order valence-corrected chi connectivity index (χ4v) is 4.87. The van der Waals surface area contributed by atoms with Crippen molar-refractivity contribution in [2.45, 2.75) is 5.75 Å². The van der Waals surface area contributed by atoms with E-state index in [1.807, 2.05) is 17.8 Å². The van der Waals surface area contributed by atoms with Crippen LogP contribution in [-0.2, 0) is 5.75 Å². The fraction of sp³-hybridized carbons (Fsp3) is 0.143. The van der Waals surface area contributed by atoms with Crippen LogP contribution in [0.2, 0.25) is 0 Å². The van der Waals surface area contributed by atoms with Crippen LogP contribution < -0.4 is 10.4 Å². The predicted octanol–water partition coefficient (Wildman–Crippen LogP) is 2.89. The van der Waals surface area contributed by atoms with Crippen molar-refractivity contribution in [3.63, 3.8) is 0 Å². The van der Waals surface area contributed by atoms with E-state index in [-0.39, 0.29) is 0 Å². The van der Waals surface area contributed by atoms with Crippen molar-refractivity contribution in [3.05, 3.63) is 60.2 Å². The summed E-state index contributed by atoms with van der Waals surface area (Å²) in [6, 6.07) is 18.9. The van der Waals surface area contributed by atoms with Gasteiger partial charge in [-0.2, -0.15) is 22.8 Å². The van der Waals surface area contributed by atoms with Gasteiger partial charge in [-0.05, 0) is 22.2 Å². The lowest BCUT2D eigenvalue weighted by Gasteiger charge is -2.12. The summed E-state index contributed by atoms with van der Waals surface area (Å²) in [7, 11) is -1.14. The van der Waals surface area contributed by atoms with E-state index in [1.165, 1.54) is 15.9 Å². The molecule has 0 N–H and O–H groups in total. The molecule has 1 radical (unpaired) electrons. The average molecular weight is 278 g/mol. The molecule has 0 heterocycles. The predicted molar refractivity (Wildman–Crippen MR) is 81.0 cm³/mol. The van der Waals surface area contributed by atoms with Gasteiger partial charge in [0.2, 0.25) is 8.11 Å². The molecule has 0 atom stereocenters. The van der Waals surface area contributed by atoms with E-state index in [2.05, 4.69) is 54.8 Å². The van der Waals surface area contributed by atoms with Crippen LogP contribution >= 0.6 is 22.8 Å². The molecule has 2 aromatic rings. The third-order valence-corrected chi connectivity index (χ3v) is 6.25. The minimum Gasteiger partial charge on any atom is -0.161 e. The maximum atomic E-state index is 6.67. The van der Waals surface area contributed by atoms with E-state index < -0.39 is 8.11 Å². The second kappa shape index (κ2) is 6.29. The Kier molecular flexibility index (Phi) is 4.72. The topological polar surface area (TPSA) is 0 Å². The van der Waals surface area contributed by atoms with Crippen LogP contribution in [0.3, 0.4) is 0 Å². The van der Waals surface area contributed by atoms with Crippen LogP contribution in [0.4, 0.5) is 0 Å². The third kappa shape index (κ3) is 3.15. The molecule has 0 saturated heterocycles. The highest BCUT2D eigenvalue weighted by atomic mass is 35.6. The first kappa shape index (κ1) is 12.7. The Morgan fingerprint density at radius 2 is 1.65 bits per heavy atom. The van der Waals surface area contributed by atoms with Gasteiger partial charge in [-0.1, -0.05) is 54.6 Å². The summed E-state index contributed by atoms with van der Waals surface area (Å²) < 4.78 is 0. The van der Waals surface area contributed by atoms with Crippen molar-refractivity contribution >= 4 is 41.3 Å². The van der Waals surface area contributed by atoms with Gasteiger partial charge >= 0.3 is 0 Å². The van der Waals surface area contributed by atoms with E-state index in [9.17, 15) is 0 Å². The minimum atomic E-state index is -1.14. The SMILES string of the molecule is CSCc1ccccc1[Si](Cl)c1ccccc1. The normalized spacial score (nSPS) is 10.8. The van der Waals surface area contributed by atoms with Gasteiger partial charge in [0.25, 0.3) is 0 Å². The molecule has 3 heteroatoms. The fourth-order valence-electron chi connectivity index (χ4n) is 1.76. The zero-order valence-corrected chi connectivity index (χ0v) is 12.3. The third-order valence-electron chi connectivity index (χ3n) is 2.58. The zero-order valence-electron chi connectivity index (χ0n) is 9.69. The molecule has 0 saturated carbocycles. The summed E-state index contributed by atoms with van der Waals surface area (Å²) in [6.45, 7) is 0. The maximum absolute atomic E-state index is 6.67. The van der Waals surface area contributed by atoms with Crippen molar-refractivity contribution in [3.8, 4) is 0 Å². The number of thioether (sulfide) groups is 1. The number of halogens is 1. The Balaban J connectivity index is 2.33. The summed E-state index contributed by atoms with van der Waals surface area (Å²) in [4.78, 5) is 0. The summed E-state index contributed by atoms with van der Waals surface area (Å²) in [5.74, 6) is 1.03. The second-order valence-corrected chi connectivity index (χ2v) is 7.51. The number of hydrogen-bond donors (Lipinski definition) is 0. The smallest absolute Gasteiger partial charge is 0.161 e. The van der Waals surface area contributed by atoms with Crippen molar-refractivity contribution < 1.29 is 0 Å². The van der Waals surface area contributed by atoms with E-state index in [4.69, 9.17) is 11.1 Å². The van der Waals surface area contributed by atoms with E-state index in [0.29, 0.717) is 0 Å². The lowest BCUT2D eigenvalue weighted by Crippen LogP contribution is -2.39. The molecule has 0 aliphatic rings. The molecule has 2 rings (SSSR count). The van der Waals surface area contributed by atoms with Gasteiger partial charge in [0.05, 0.1) is 0 Å². The lowest BCUT2D eigenvalue weighted by atomic mass is 10.2. The summed E-state index contributed by atoms with van der Waals surface area (Å²) in [5.41, 5.74) is 1.37. The Labute approximate surface area is 113 Å². The standard InChI is InChI=1S/C14H14ClSSi/c1-16-11-12-7-5-6-10-14(12)17(15)13-8-3-2-4-9-13/h2-10H,11H2,1H3. The molecule has 0 nitrogen and oxygen atoms in total. The van der Waals surface area contributed by atoms with Gasteiger partial charge < -0.3 is 0 Å². The molecule has 0 amide bonds. The number of rotatable bonds is 4. The van der Waals surface area contributed by atoms with Crippen LogP contribution in [0.25, 0.3) is 0 Å². The van der Waals surface area contributed by atoms with Crippen LogP contribution in [0.5, 0.6) is 0 Å². The number of benzene rings is 2. The molecule has 17 heavy (non-hydrogen) atoms. The minimum absolute atomic E-state index is 1.03. The monoisotopic (exact) mass is 277 g/mol. The Morgan fingerprint density at radius 3 is 2.35 bits per heavy atom. The lowest BCUT2D eigenvalue weighted by molar-refractivity contribution is 1.45. The quantitative estimate of drug-likeness (QED) is 0.612. The molecular weight excluding hydrogens is 264 g/mol. The van der Waals surface area contributed by atoms with Gasteiger partial charge in [0.15, 0.2) is 0 Å². The van der Waals surface area contributed by atoms with Gasteiger partial charge in [0, 0.05) is 5.75 Å². The highest BCUT2D eigenvalue weighted by molar-refractivity contribution is 7.97. The highest BCUT2D eigenvalue weighted by Crippen LogP contribution is 2.09. The van der Waals surface area contributed by atoms with Crippen molar-refractivity contribution in [2.24, 2.45) is 0 Å². The largest absolute Gasteiger partial charge is 0.234 e. The molecule has 2 aromatic carbocycles. The first-order chi connectivity index (χ1) is 8.33. The average Bonchev–Trinajstić information content (AvgIpc) is 2.40. The first-order valence-electron chi connectivity index (χ1n) is 5.48. The van der Waals surface area contributed by atoms with Crippen LogP contribution in [0, 0.1) is 0 Å². The Hall–Kier alpha value is -0.703. The molecule has 0 unspecified atom stereocenters. The van der Waals surface area contributed by atoms with Gasteiger partial charge in [0.1, 0.15) is 0 Å². The molecule has 87 valence electrons. The van der Waals surface area contributed by atoms with Gasteiger partial charge in [-0.25, -0.2) is 0 Å². The molecule has 0 aromatic heterocycles. The molecule has 0 aliphatic carbocycles. The maximum Gasteiger partial charge on any atom is 0.234 e. The van der Waals surface area contributed by atoms with Crippen LogP contribution in [0.15, 0.2) is 54.6 Å². The van der Waals surface area contributed by atoms with Crippen LogP contribution in [-0.4, -0.2) is 14.4 Å². The van der Waals surface area contributed by atoms with Gasteiger partial charge in [-0.3, -0.25) is 0 Å². The van der Waals surface area contributed by atoms with E-state index in [1.54, 1.807) is 0 Å². The summed E-state index contributed by atoms with van der Waals surface area (Å²) >= 11 is 8.50. The van der Waals surface area contributed by atoms with Crippen molar-refractivity contribution in [2.75, 3.05) is 6.26 Å². The Morgan fingerprint density at radius 1 is 1.00 bits per heavy atom. The summed E-state index contributed by atoms with van der Waals surface area (Å²) in [6.07, 6.45) is 2.12. The highest BCUT2D eigenvalue weighted by Gasteiger charge is 2.16. The van der Waals surface area contributed by atoms with Gasteiger partial charge in [-0.15, -0.1) is 0 Å². The first-order valence-corrected chi connectivity index (χ1v) is 9.38. The summed E-state index contributed by atoms with van der Waals surface area (Å²) in [5, 5.41) is 2.58. The number of hydrogen-bond acceptors (Lipinski definition) is 1. The van der Waals surface area contributed by atoms with Crippen LogP contribution in [0.1, 0.15) is 5.56 Å². The van der Waals surface area contributed by atoms with Crippen molar-refractivity contribution in [1.29, 1.82) is 0 Å². The Bertz CT molecular complexity index is 473. The molecule has 0 spiro atoms. The molecule has 0 aliphatic heterocycles. The second-order valence-electron chi connectivity index (χ2n) is 3.77. The van der Waals surface area contributed by atoms with E-state index >= 15 is 0 Å². The van der Waals surface area contributed by atoms with E-state index in [0.717, 1.165) is 5.75 Å². The molecule has 0 fully saturated rings. The molecular formula is C14H14ClSSi. The van der Waals surface area contributed by atoms with Crippen molar-refractivity contribution in [1.82, 2.24) is 0 Å².